The second-order valence-electron chi connectivity index (χ2n) is 10.6. The fraction of sp³-hybridized carbons (Fsp3) is 0.355. The molecule has 0 radical (unpaired) electrons. The number of morpholine rings is 1. The quantitative estimate of drug-likeness (QED) is 0.381. The van der Waals surface area contributed by atoms with Crippen molar-refractivity contribution in [3.8, 4) is 11.4 Å². The van der Waals surface area contributed by atoms with Gasteiger partial charge in [-0.3, -0.25) is 4.79 Å². The number of aromatic nitrogens is 2. The van der Waals surface area contributed by atoms with E-state index >= 15 is 0 Å². The van der Waals surface area contributed by atoms with Crippen molar-refractivity contribution in [3.05, 3.63) is 72.3 Å². The Morgan fingerprint density at radius 1 is 0.800 bits per heavy atom. The molecule has 9 heteroatoms. The van der Waals surface area contributed by atoms with Gasteiger partial charge in [0.2, 0.25) is 0 Å². The molecule has 0 unspecified atom stereocenters. The molecule has 206 valence electrons. The van der Waals surface area contributed by atoms with Crippen molar-refractivity contribution in [1.82, 2.24) is 9.97 Å². The molecule has 2 N–H and O–H groups in total. The molecule has 3 saturated heterocycles. The van der Waals surface area contributed by atoms with Crippen LogP contribution in [0.2, 0.25) is 0 Å². The van der Waals surface area contributed by atoms with Gasteiger partial charge >= 0.3 is 0 Å². The SMILES string of the molecule is O=C(Nc1ccc2[nH]c(-c3ccc(N4CCC5(CC4)OCCO5)cc3)nc2c1)c1ccc(N2CCOCC2)cc1. The number of carbonyl (C=O) groups excluding carboxylic acids is 1. The third-order valence-electron chi connectivity index (χ3n) is 8.09. The van der Waals surface area contributed by atoms with Crippen LogP contribution in [0.5, 0.6) is 0 Å². The van der Waals surface area contributed by atoms with Crippen LogP contribution in [0.15, 0.2) is 66.7 Å². The first-order valence-electron chi connectivity index (χ1n) is 14.0. The van der Waals surface area contributed by atoms with Crippen LogP contribution in [0.1, 0.15) is 23.2 Å². The van der Waals surface area contributed by atoms with Crippen LogP contribution in [0.3, 0.4) is 0 Å². The summed E-state index contributed by atoms with van der Waals surface area (Å²) in [6.45, 7) is 6.42. The summed E-state index contributed by atoms with van der Waals surface area (Å²) >= 11 is 0. The van der Waals surface area contributed by atoms with Crippen molar-refractivity contribution < 1.29 is 19.0 Å². The van der Waals surface area contributed by atoms with E-state index in [0.29, 0.717) is 24.5 Å². The van der Waals surface area contributed by atoms with E-state index in [1.54, 1.807) is 0 Å². The summed E-state index contributed by atoms with van der Waals surface area (Å²) in [6.07, 6.45) is 1.77. The second kappa shape index (κ2) is 10.6. The molecule has 7 rings (SSSR count). The highest BCUT2D eigenvalue weighted by molar-refractivity contribution is 6.05. The second-order valence-corrected chi connectivity index (χ2v) is 10.6. The zero-order chi connectivity index (χ0) is 26.9. The first-order chi connectivity index (χ1) is 19.6. The Kier molecular flexibility index (Phi) is 6.63. The van der Waals surface area contributed by atoms with Crippen molar-refractivity contribution in [1.29, 1.82) is 0 Å². The third-order valence-corrected chi connectivity index (χ3v) is 8.09. The van der Waals surface area contributed by atoms with E-state index in [1.807, 2.05) is 42.5 Å². The van der Waals surface area contributed by atoms with Gasteiger partial charge < -0.3 is 34.3 Å². The highest BCUT2D eigenvalue weighted by Crippen LogP contribution is 2.34. The van der Waals surface area contributed by atoms with Crippen molar-refractivity contribution in [2.75, 3.05) is 67.7 Å². The largest absolute Gasteiger partial charge is 0.378 e. The lowest BCUT2D eigenvalue weighted by molar-refractivity contribution is -0.169. The molecule has 1 amide bonds. The first kappa shape index (κ1) is 25.1. The number of piperidine rings is 1. The van der Waals surface area contributed by atoms with Crippen molar-refractivity contribution in [2.24, 2.45) is 0 Å². The number of benzene rings is 3. The first-order valence-corrected chi connectivity index (χ1v) is 14.0. The Labute approximate surface area is 233 Å². The minimum absolute atomic E-state index is 0.145. The van der Waals surface area contributed by atoms with Gasteiger partial charge in [-0.05, 0) is 66.7 Å². The third kappa shape index (κ3) is 5.03. The van der Waals surface area contributed by atoms with Crippen molar-refractivity contribution in [2.45, 2.75) is 18.6 Å². The van der Waals surface area contributed by atoms with Crippen LogP contribution in [-0.2, 0) is 14.2 Å². The van der Waals surface area contributed by atoms with Gasteiger partial charge in [0, 0.05) is 67.2 Å². The number of hydrogen-bond acceptors (Lipinski definition) is 7. The number of H-pyrrole nitrogens is 1. The summed E-state index contributed by atoms with van der Waals surface area (Å²) in [5, 5.41) is 3.01. The summed E-state index contributed by atoms with van der Waals surface area (Å²) in [4.78, 5) is 25.8. The lowest BCUT2D eigenvalue weighted by Gasteiger charge is -2.38. The number of amides is 1. The molecule has 3 aliphatic rings. The number of fused-ring (bicyclic) bond motifs is 1. The van der Waals surface area contributed by atoms with Gasteiger partial charge in [0.15, 0.2) is 5.79 Å². The van der Waals surface area contributed by atoms with Crippen LogP contribution < -0.4 is 15.1 Å². The van der Waals surface area contributed by atoms with Gasteiger partial charge in [-0.1, -0.05) is 0 Å². The topological polar surface area (TPSA) is 92.0 Å². The highest BCUT2D eigenvalue weighted by Gasteiger charge is 2.39. The molecule has 9 nitrogen and oxygen atoms in total. The zero-order valence-corrected chi connectivity index (χ0v) is 22.4. The Hall–Kier alpha value is -3.92. The van der Waals surface area contributed by atoms with E-state index in [2.05, 4.69) is 44.4 Å². The molecule has 0 saturated carbocycles. The fourth-order valence-corrected chi connectivity index (χ4v) is 5.79. The van der Waals surface area contributed by atoms with Gasteiger partial charge in [0.1, 0.15) is 5.82 Å². The van der Waals surface area contributed by atoms with E-state index in [4.69, 9.17) is 19.2 Å². The number of nitrogens with zero attached hydrogens (tertiary/aromatic N) is 3. The summed E-state index contributed by atoms with van der Waals surface area (Å²) in [5.74, 6) is 0.291. The summed E-state index contributed by atoms with van der Waals surface area (Å²) < 4.78 is 17.1. The highest BCUT2D eigenvalue weighted by atomic mass is 16.7. The van der Waals surface area contributed by atoms with Crippen molar-refractivity contribution in [3.63, 3.8) is 0 Å². The molecular formula is C31H33N5O4. The van der Waals surface area contributed by atoms with Gasteiger partial charge in [0.05, 0.1) is 37.5 Å². The Morgan fingerprint density at radius 2 is 1.45 bits per heavy atom. The molecule has 4 aromatic rings. The van der Waals surface area contributed by atoms with Crippen LogP contribution in [0.25, 0.3) is 22.4 Å². The number of hydrogen-bond donors (Lipinski definition) is 2. The predicted octanol–water partition coefficient (Wildman–Crippen LogP) is 4.66. The van der Waals surface area contributed by atoms with Gasteiger partial charge in [-0.25, -0.2) is 4.98 Å². The number of carbonyl (C=O) groups is 1. The van der Waals surface area contributed by atoms with Crippen LogP contribution in [0.4, 0.5) is 17.1 Å². The normalized spacial score (nSPS) is 18.9. The average molecular weight is 540 g/mol. The summed E-state index contributed by atoms with van der Waals surface area (Å²) in [7, 11) is 0. The maximum atomic E-state index is 12.9. The fourth-order valence-electron chi connectivity index (χ4n) is 5.79. The van der Waals surface area contributed by atoms with Crippen LogP contribution in [0, 0.1) is 0 Å². The minimum atomic E-state index is -0.364. The molecule has 3 aromatic carbocycles. The molecule has 0 bridgehead atoms. The van der Waals surface area contributed by atoms with Gasteiger partial charge in [-0.15, -0.1) is 0 Å². The molecule has 3 aliphatic heterocycles. The van der Waals surface area contributed by atoms with E-state index < -0.39 is 0 Å². The number of aromatic amines is 1. The number of nitrogens with one attached hydrogen (secondary N) is 2. The maximum Gasteiger partial charge on any atom is 0.255 e. The zero-order valence-electron chi connectivity index (χ0n) is 22.4. The molecule has 40 heavy (non-hydrogen) atoms. The standard InChI is InChI=1S/C31H33N5O4/c37-30(23-3-8-26(9-4-23)36-15-17-38-18-16-36)32-24-5-10-27-28(21-24)34-29(33-27)22-1-6-25(7-2-22)35-13-11-31(12-14-35)39-19-20-40-31/h1-10,21H,11-20H2,(H,32,37)(H,33,34). The number of rotatable bonds is 5. The maximum absolute atomic E-state index is 12.9. The van der Waals surface area contributed by atoms with Crippen LogP contribution >= 0.6 is 0 Å². The molecule has 1 spiro atoms. The average Bonchev–Trinajstić information content (AvgIpc) is 3.65. The lowest BCUT2D eigenvalue weighted by Crippen LogP contribution is -2.45. The smallest absolute Gasteiger partial charge is 0.255 e. The van der Waals surface area contributed by atoms with Crippen LogP contribution in [-0.4, -0.2) is 74.3 Å². The lowest BCUT2D eigenvalue weighted by atomic mass is 10.0. The molecule has 3 fully saturated rings. The summed E-state index contributed by atoms with van der Waals surface area (Å²) in [5.41, 5.74) is 6.36. The Balaban J connectivity index is 1.01. The molecule has 0 atom stereocenters. The molecule has 1 aromatic heterocycles. The number of ether oxygens (including phenoxy) is 3. The number of imidazole rings is 1. The predicted molar refractivity (Wildman–Crippen MR) is 155 cm³/mol. The Morgan fingerprint density at radius 3 is 2.15 bits per heavy atom. The molecular weight excluding hydrogens is 506 g/mol. The summed E-state index contributed by atoms with van der Waals surface area (Å²) in [6, 6.07) is 22.0. The van der Waals surface area contributed by atoms with E-state index in [9.17, 15) is 4.79 Å². The van der Waals surface area contributed by atoms with E-state index in [0.717, 1.165) is 80.3 Å². The van der Waals surface area contributed by atoms with Gasteiger partial charge in [0.25, 0.3) is 5.91 Å². The minimum Gasteiger partial charge on any atom is -0.378 e. The van der Waals surface area contributed by atoms with E-state index in [1.165, 1.54) is 5.69 Å². The number of anilines is 3. The molecule has 4 heterocycles. The van der Waals surface area contributed by atoms with Crippen molar-refractivity contribution >= 4 is 34.0 Å². The van der Waals surface area contributed by atoms with E-state index in [-0.39, 0.29) is 11.7 Å². The Bertz CT molecular complexity index is 1480. The molecule has 0 aliphatic carbocycles. The van der Waals surface area contributed by atoms with Gasteiger partial charge in [-0.2, -0.15) is 0 Å². The monoisotopic (exact) mass is 539 g/mol.